The second-order valence-electron chi connectivity index (χ2n) is 9.42. The molecule has 2 aromatic rings. The molecule has 2 heterocycles. The number of ether oxygens (including phenoxy) is 1. The topological polar surface area (TPSA) is 53.6 Å². The highest BCUT2D eigenvalue weighted by Gasteiger charge is 2.35. The Morgan fingerprint density at radius 2 is 1.90 bits per heavy atom. The van der Waals surface area contributed by atoms with E-state index in [-0.39, 0.29) is 17.5 Å². The molecule has 2 aliphatic rings. The van der Waals surface area contributed by atoms with Crippen molar-refractivity contribution in [1.82, 2.24) is 15.5 Å². The molecule has 1 saturated heterocycles. The van der Waals surface area contributed by atoms with Crippen LogP contribution in [0.25, 0.3) is 0 Å². The van der Waals surface area contributed by atoms with Crippen LogP contribution in [0.3, 0.4) is 0 Å². The minimum Gasteiger partial charge on any atom is -0.489 e. The highest BCUT2D eigenvalue weighted by atomic mass is 16.5. The first-order valence-electron chi connectivity index (χ1n) is 11.0. The highest BCUT2D eigenvalue weighted by molar-refractivity contribution is 5.99. The van der Waals surface area contributed by atoms with E-state index in [0.29, 0.717) is 13.2 Å². The van der Waals surface area contributed by atoms with Crippen molar-refractivity contribution in [3.63, 3.8) is 0 Å². The molecule has 1 unspecified atom stereocenters. The summed E-state index contributed by atoms with van der Waals surface area (Å²) < 4.78 is 6.16. The summed E-state index contributed by atoms with van der Waals surface area (Å²) >= 11 is 0. The first-order valence-corrected chi connectivity index (χ1v) is 11.0. The number of hydrogen-bond donors (Lipinski definition) is 2. The molecule has 5 nitrogen and oxygen atoms in total. The molecule has 2 aliphatic heterocycles. The Morgan fingerprint density at radius 1 is 1.13 bits per heavy atom. The number of nitrogens with zero attached hydrogens (tertiary/aromatic N) is 1. The van der Waals surface area contributed by atoms with Gasteiger partial charge in [-0.3, -0.25) is 4.79 Å². The molecule has 0 saturated carbocycles. The third-order valence-electron chi connectivity index (χ3n) is 5.90. The molecule has 2 aromatic carbocycles. The maximum Gasteiger partial charge on any atom is 0.254 e. The van der Waals surface area contributed by atoms with Gasteiger partial charge in [-0.05, 0) is 63.4 Å². The van der Waals surface area contributed by atoms with Crippen LogP contribution in [-0.4, -0.2) is 35.5 Å². The number of hydrogen-bond acceptors (Lipinski definition) is 4. The second kappa shape index (κ2) is 8.78. The number of carbonyl (C=O) groups is 1. The number of nitrogens with one attached hydrogen (secondary N) is 2. The molecule has 1 fully saturated rings. The normalized spacial score (nSPS) is 19.1. The van der Waals surface area contributed by atoms with Crippen LogP contribution >= 0.6 is 0 Å². The van der Waals surface area contributed by atoms with E-state index >= 15 is 0 Å². The smallest absolute Gasteiger partial charge is 0.254 e. The maximum absolute atomic E-state index is 12.9. The average molecular weight is 408 g/mol. The number of benzene rings is 2. The summed E-state index contributed by atoms with van der Waals surface area (Å²) in [6.45, 7) is 10.4. The van der Waals surface area contributed by atoms with Crippen LogP contribution in [0.15, 0.2) is 42.5 Å². The van der Waals surface area contributed by atoms with Gasteiger partial charge in [-0.1, -0.05) is 30.3 Å². The summed E-state index contributed by atoms with van der Waals surface area (Å²) in [6.07, 6.45) is 2.19. The first kappa shape index (κ1) is 20.9. The van der Waals surface area contributed by atoms with E-state index in [2.05, 4.69) is 55.7 Å². The van der Waals surface area contributed by atoms with Crippen molar-refractivity contribution in [3.8, 4) is 5.75 Å². The number of rotatable bonds is 6. The third-order valence-corrected chi connectivity index (χ3v) is 5.90. The lowest BCUT2D eigenvalue weighted by atomic mass is 10.1. The molecule has 5 heteroatoms. The Labute approximate surface area is 179 Å². The molecule has 2 N–H and O–H groups in total. The largest absolute Gasteiger partial charge is 0.489 e. The standard InChI is InChI=1S/C25H33N3O2/c1-25(2,3)27-14-18-9-11-19(12-10-18)17-30-23-8-4-7-21-22(23)16-28(24(21)29)20-6-5-13-26-15-20/h4,7-12,20,26-27H,5-6,13-17H2,1-3H3. The summed E-state index contributed by atoms with van der Waals surface area (Å²) in [5, 5.41) is 6.92. The average Bonchev–Trinajstić information content (AvgIpc) is 3.09. The molecule has 1 atom stereocenters. The van der Waals surface area contributed by atoms with Gasteiger partial charge in [-0.15, -0.1) is 0 Å². The van der Waals surface area contributed by atoms with Gasteiger partial charge in [0.25, 0.3) is 5.91 Å². The predicted molar refractivity (Wildman–Crippen MR) is 120 cm³/mol. The summed E-state index contributed by atoms with van der Waals surface area (Å²) in [7, 11) is 0. The van der Waals surface area contributed by atoms with Gasteiger partial charge >= 0.3 is 0 Å². The Bertz CT molecular complexity index is 880. The SMILES string of the molecule is CC(C)(C)NCc1ccc(COc2cccc3c2CN(C2CCCNC2)C3=O)cc1. The van der Waals surface area contributed by atoms with Crippen molar-refractivity contribution in [3.05, 3.63) is 64.7 Å². The molecule has 1 amide bonds. The predicted octanol–water partition coefficient (Wildman–Crippen LogP) is 3.86. The molecule has 160 valence electrons. The number of fused-ring (bicyclic) bond motifs is 1. The van der Waals surface area contributed by atoms with Gasteiger partial charge in [0.1, 0.15) is 12.4 Å². The monoisotopic (exact) mass is 407 g/mol. The molecule has 30 heavy (non-hydrogen) atoms. The zero-order valence-corrected chi connectivity index (χ0v) is 18.3. The fraction of sp³-hybridized carbons (Fsp3) is 0.480. The van der Waals surface area contributed by atoms with Gasteiger partial charge in [-0.2, -0.15) is 0 Å². The maximum atomic E-state index is 12.9. The van der Waals surface area contributed by atoms with Crippen molar-refractivity contribution in [2.45, 2.75) is 64.9 Å². The minimum absolute atomic E-state index is 0.106. The van der Waals surface area contributed by atoms with Crippen LogP contribution in [-0.2, 0) is 19.7 Å². The summed E-state index contributed by atoms with van der Waals surface area (Å²) in [5.41, 5.74) is 4.32. The second-order valence-corrected chi connectivity index (χ2v) is 9.42. The number of carbonyl (C=O) groups excluding carboxylic acids is 1. The molecular formula is C25H33N3O2. The third kappa shape index (κ3) is 4.85. The molecular weight excluding hydrogens is 374 g/mol. The Kier molecular flexibility index (Phi) is 6.11. The van der Waals surface area contributed by atoms with Crippen molar-refractivity contribution in [2.24, 2.45) is 0 Å². The molecule has 0 bridgehead atoms. The van der Waals surface area contributed by atoms with Crippen molar-refractivity contribution >= 4 is 5.91 Å². The quantitative estimate of drug-likeness (QED) is 0.764. The van der Waals surface area contributed by atoms with E-state index < -0.39 is 0 Å². The lowest BCUT2D eigenvalue weighted by Gasteiger charge is -2.31. The van der Waals surface area contributed by atoms with Gasteiger partial charge < -0.3 is 20.3 Å². The van der Waals surface area contributed by atoms with Gasteiger partial charge in [-0.25, -0.2) is 0 Å². The van der Waals surface area contributed by atoms with Crippen LogP contribution < -0.4 is 15.4 Å². The molecule has 0 spiro atoms. The molecule has 0 aromatic heterocycles. The zero-order valence-electron chi connectivity index (χ0n) is 18.3. The Morgan fingerprint density at radius 3 is 2.60 bits per heavy atom. The minimum atomic E-state index is 0.106. The Hall–Kier alpha value is -2.37. The number of amides is 1. The van der Waals surface area contributed by atoms with Crippen LogP contribution in [0, 0.1) is 0 Å². The summed E-state index contributed by atoms with van der Waals surface area (Å²) in [4.78, 5) is 14.9. The molecule has 0 radical (unpaired) electrons. The number of piperidine rings is 1. The molecule has 0 aliphatic carbocycles. The van der Waals surface area contributed by atoms with Crippen molar-refractivity contribution < 1.29 is 9.53 Å². The van der Waals surface area contributed by atoms with Crippen LogP contribution in [0.4, 0.5) is 0 Å². The van der Waals surface area contributed by atoms with E-state index in [1.165, 1.54) is 5.56 Å². The van der Waals surface area contributed by atoms with Gasteiger partial charge in [0.2, 0.25) is 0 Å². The van der Waals surface area contributed by atoms with E-state index in [1.54, 1.807) is 0 Å². The van der Waals surface area contributed by atoms with E-state index in [9.17, 15) is 4.79 Å². The van der Waals surface area contributed by atoms with Crippen LogP contribution in [0.1, 0.15) is 60.7 Å². The fourth-order valence-corrected chi connectivity index (χ4v) is 4.14. The van der Waals surface area contributed by atoms with E-state index in [1.807, 2.05) is 23.1 Å². The molecule has 4 rings (SSSR count). The van der Waals surface area contributed by atoms with Crippen molar-refractivity contribution in [2.75, 3.05) is 13.1 Å². The zero-order chi connectivity index (χ0) is 21.1. The van der Waals surface area contributed by atoms with Crippen LogP contribution in [0.2, 0.25) is 0 Å². The van der Waals surface area contributed by atoms with Crippen molar-refractivity contribution in [1.29, 1.82) is 0 Å². The first-order chi connectivity index (χ1) is 14.4. The fourth-order valence-electron chi connectivity index (χ4n) is 4.14. The highest BCUT2D eigenvalue weighted by Crippen LogP contribution is 2.33. The Balaban J connectivity index is 1.39. The van der Waals surface area contributed by atoms with E-state index in [0.717, 1.165) is 54.9 Å². The van der Waals surface area contributed by atoms with Gasteiger partial charge in [0.05, 0.1) is 6.54 Å². The van der Waals surface area contributed by atoms with E-state index in [4.69, 9.17) is 4.74 Å². The summed E-state index contributed by atoms with van der Waals surface area (Å²) in [6, 6.07) is 14.6. The van der Waals surface area contributed by atoms with Crippen LogP contribution in [0.5, 0.6) is 5.75 Å². The van der Waals surface area contributed by atoms with Gasteiger partial charge in [0, 0.05) is 35.8 Å². The lowest BCUT2D eigenvalue weighted by Crippen LogP contribution is -2.46. The lowest BCUT2D eigenvalue weighted by molar-refractivity contribution is 0.0674. The summed E-state index contributed by atoms with van der Waals surface area (Å²) in [5.74, 6) is 0.963. The van der Waals surface area contributed by atoms with Gasteiger partial charge in [0.15, 0.2) is 0 Å².